The molecule has 0 spiro atoms. The molecule has 2 heterocycles. The molecule has 2 aromatic rings. The molecular weight excluding hydrogens is 260 g/mol. The Bertz CT molecular complexity index is 596. The van der Waals surface area contributed by atoms with E-state index >= 15 is 0 Å². The van der Waals surface area contributed by atoms with Crippen molar-refractivity contribution in [3.8, 4) is 0 Å². The van der Waals surface area contributed by atoms with Crippen LogP contribution in [0.25, 0.3) is 11.0 Å². The quantitative estimate of drug-likeness (QED) is 0.917. The van der Waals surface area contributed by atoms with E-state index in [0.717, 1.165) is 24.9 Å². The molecule has 0 radical (unpaired) electrons. The van der Waals surface area contributed by atoms with Gasteiger partial charge in [-0.1, -0.05) is 26.2 Å². The Morgan fingerprint density at radius 1 is 1.29 bits per heavy atom. The maximum atomic E-state index is 4.88. The molecule has 1 saturated carbocycles. The van der Waals surface area contributed by atoms with Gasteiger partial charge in [0.15, 0.2) is 0 Å². The number of imidazole rings is 1. The van der Waals surface area contributed by atoms with Crippen LogP contribution in [0.1, 0.15) is 51.3 Å². The standard InChI is InChI=1S/C17H26N4/c1-3-11-21-15-7-10-19-13-14(15)20-16(21)12-17(18-2)8-5-4-6-9-17/h7,10,13,18H,3-6,8-9,11-12H2,1-2H3. The van der Waals surface area contributed by atoms with E-state index in [1.54, 1.807) is 0 Å². The van der Waals surface area contributed by atoms with E-state index in [0.29, 0.717) is 0 Å². The molecule has 1 aliphatic carbocycles. The molecule has 3 rings (SSSR count). The van der Waals surface area contributed by atoms with E-state index in [1.165, 1.54) is 43.4 Å². The molecular formula is C17H26N4. The maximum Gasteiger partial charge on any atom is 0.111 e. The Labute approximate surface area is 127 Å². The van der Waals surface area contributed by atoms with Gasteiger partial charge >= 0.3 is 0 Å². The molecule has 1 aliphatic rings. The highest BCUT2D eigenvalue weighted by Gasteiger charge is 2.32. The summed E-state index contributed by atoms with van der Waals surface area (Å²) in [5.74, 6) is 1.22. The minimum absolute atomic E-state index is 0.235. The van der Waals surface area contributed by atoms with Crippen molar-refractivity contribution in [3.05, 3.63) is 24.3 Å². The third kappa shape index (κ3) is 2.82. The molecule has 0 saturated heterocycles. The van der Waals surface area contributed by atoms with Crippen LogP contribution in [0.4, 0.5) is 0 Å². The van der Waals surface area contributed by atoms with Crippen molar-refractivity contribution in [2.45, 2.75) is 64.0 Å². The first kappa shape index (κ1) is 14.5. The third-order valence-corrected chi connectivity index (χ3v) is 4.91. The molecule has 0 amide bonds. The molecule has 0 bridgehead atoms. The molecule has 4 heteroatoms. The van der Waals surface area contributed by atoms with Gasteiger partial charge in [0.1, 0.15) is 11.3 Å². The predicted octanol–water partition coefficient (Wildman–Crippen LogP) is 3.31. The van der Waals surface area contributed by atoms with E-state index in [2.05, 4.69) is 34.9 Å². The summed E-state index contributed by atoms with van der Waals surface area (Å²) in [6.07, 6.45) is 12.5. The lowest BCUT2D eigenvalue weighted by atomic mass is 9.79. The fourth-order valence-corrected chi connectivity index (χ4v) is 3.69. The SMILES string of the molecule is CCCn1c(CC2(NC)CCCCC2)nc2cnccc21. The fourth-order valence-electron chi connectivity index (χ4n) is 3.69. The van der Waals surface area contributed by atoms with Crippen molar-refractivity contribution >= 4 is 11.0 Å². The highest BCUT2D eigenvalue weighted by Crippen LogP contribution is 2.31. The number of aryl methyl sites for hydroxylation is 1. The number of aromatic nitrogens is 3. The molecule has 114 valence electrons. The summed E-state index contributed by atoms with van der Waals surface area (Å²) >= 11 is 0. The molecule has 0 aliphatic heterocycles. The van der Waals surface area contributed by atoms with Gasteiger partial charge in [0.05, 0.1) is 11.7 Å². The molecule has 21 heavy (non-hydrogen) atoms. The van der Waals surface area contributed by atoms with Gasteiger partial charge in [0, 0.05) is 24.7 Å². The smallest absolute Gasteiger partial charge is 0.111 e. The normalized spacial score (nSPS) is 18.2. The van der Waals surface area contributed by atoms with Crippen molar-refractivity contribution in [2.24, 2.45) is 0 Å². The van der Waals surface area contributed by atoms with Gasteiger partial charge in [0.2, 0.25) is 0 Å². The summed E-state index contributed by atoms with van der Waals surface area (Å²) in [5.41, 5.74) is 2.49. The summed E-state index contributed by atoms with van der Waals surface area (Å²) in [7, 11) is 2.11. The number of rotatable bonds is 5. The third-order valence-electron chi connectivity index (χ3n) is 4.91. The number of nitrogens with one attached hydrogen (secondary N) is 1. The van der Waals surface area contributed by atoms with Crippen LogP contribution in [0.2, 0.25) is 0 Å². The van der Waals surface area contributed by atoms with E-state index in [9.17, 15) is 0 Å². The number of fused-ring (bicyclic) bond motifs is 1. The monoisotopic (exact) mass is 286 g/mol. The number of nitrogens with zero attached hydrogens (tertiary/aromatic N) is 3. The Balaban J connectivity index is 1.96. The highest BCUT2D eigenvalue weighted by atomic mass is 15.1. The summed E-state index contributed by atoms with van der Waals surface area (Å²) in [5, 5.41) is 3.61. The van der Waals surface area contributed by atoms with E-state index < -0.39 is 0 Å². The van der Waals surface area contributed by atoms with Gasteiger partial charge in [-0.15, -0.1) is 0 Å². The first-order chi connectivity index (χ1) is 10.3. The Hall–Kier alpha value is -1.42. The van der Waals surface area contributed by atoms with E-state index in [1.807, 2.05) is 12.4 Å². The molecule has 4 nitrogen and oxygen atoms in total. The van der Waals surface area contributed by atoms with Crippen molar-refractivity contribution in [3.63, 3.8) is 0 Å². The zero-order valence-corrected chi connectivity index (χ0v) is 13.2. The average Bonchev–Trinajstić information content (AvgIpc) is 2.86. The second-order valence-corrected chi connectivity index (χ2v) is 6.31. The molecule has 0 unspecified atom stereocenters. The Morgan fingerprint density at radius 3 is 2.81 bits per heavy atom. The van der Waals surface area contributed by atoms with E-state index in [4.69, 9.17) is 4.98 Å². The van der Waals surface area contributed by atoms with Gasteiger partial charge in [-0.2, -0.15) is 0 Å². The number of pyridine rings is 1. The molecule has 0 atom stereocenters. The van der Waals surface area contributed by atoms with Crippen molar-refractivity contribution in [1.82, 2.24) is 19.9 Å². The minimum atomic E-state index is 0.235. The van der Waals surface area contributed by atoms with Crippen molar-refractivity contribution in [1.29, 1.82) is 0 Å². The van der Waals surface area contributed by atoms with Crippen molar-refractivity contribution < 1.29 is 0 Å². The number of hydrogen-bond donors (Lipinski definition) is 1. The van der Waals surface area contributed by atoms with Crippen LogP contribution in [-0.2, 0) is 13.0 Å². The van der Waals surface area contributed by atoms with Gasteiger partial charge in [-0.3, -0.25) is 4.98 Å². The van der Waals surface area contributed by atoms with Crippen LogP contribution in [0.15, 0.2) is 18.5 Å². The lowest BCUT2D eigenvalue weighted by Gasteiger charge is -2.37. The highest BCUT2D eigenvalue weighted by molar-refractivity contribution is 5.74. The average molecular weight is 286 g/mol. The fraction of sp³-hybridized carbons (Fsp3) is 0.647. The summed E-state index contributed by atoms with van der Waals surface area (Å²) < 4.78 is 2.39. The van der Waals surface area contributed by atoms with E-state index in [-0.39, 0.29) is 5.54 Å². The lowest BCUT2D eigenvalue weighted by molar-refractivity contribution is 0.239. The Kier molecular flexibility index (Phi) is 4.24. The maximum absolute atomic E-state index is 4.88. The predicted molar refractivity (Wildman–Crippen MR) is 86.4 cm³/mol. The van der Waals surface area contributed by atoms with Crippen LogP contribution < -0.4 is 5.32 Å². The van der Waals surface area contributed by atoms with Gasteiger partial charge in [0.25, 0.3) is 0 Å². The van der Waals surface area contributed by atoms with Crippen LogP contribution in [0, 0.1) is 0 Å². The van der Waals surface area contributed by atoms with Crippen LogP contribution in [0.5, 0.6) is 0 Å². The summed E-state index contributed by atoms with van der Waals surface area (Å²) in [4.78, 5) is 9.10. The number of likely N-dealkylation sites (N-methyl/N-ethyl adjacent to an activating group) is 1. The molecule has 1 N–H and O–H groups in total. The van der Waals surface area contributed by atoms with Crippen LogP contribution >= 0.6 is 0 Å². The van der Waals surface area contributed by atoms with Gasteiger partial charge in [-0.25, -0.2) is 4.98 Å². The summed E-state index contributed by atoms with van der Waals surface area (Å²) in [6, 6.07) is 2.09. The lowest BCUT2D eigenvalue weighted by Crippen LogP contribution is -2.47. The second kappa shape index (κ2) is 6.14. The van der Waals surface area contributed by atoms with Crippen molar-refractivity contribution in [2.75, 3.05) is 7.05 Å². The zero-order valence-electron chi connectivity index (χ0n) is 13.2. The van der Waals surface area contributed by atoms with Gasteiger partial charge < -0.3 is 9.88 Å². The first-order valence-corrected chi connectivity index (χ1v) is 8.26. The molecule has 0 aromatic carbocycles. The molecule has 2 aromatic heterocycles. The largest absolute Gasteiger partial charge is 0.328 e. The Morgan fingerprint density at radius 2 is 2.10 bits per heavy atom. The minimum Gasteiger partial charge on any atom is -0.328 e. The molecule has 1 fully saturated rings. The zero-order chi connectivity index (χ0) is 14.7. The summed E-state index contributed by atoms with van der Waals surface area (Å²) in [6.45, 7) is 3.26. The second-order valence-electron chi connectivity index (χ2n) is 6.31. The van der Waals surface area contributed by atoms with Gasteiger partial charge in [-0.05, 0) is 32.4 Å². The first-order valence-electron chi connectivity index (χ1n) is 8.26. The van der Waals surface area contributed by atoms with Crippen LogP contribution in [-0.4, -0.2) is 27.1 Å². The number of hydrogen-bond acceptors (Lipinski definition) is 3. The topological polar surface area (TPSA) is 42.7 Å². The van der Waals surface area contributed by atoms with Crippen LogP contribution in [0.3, 0.4) is 0 Å².